The first kappa shape index (κ1) is 16.6. The number of carboxylic acid groups (broad SMARTS) is 1. The van der Waals surface area contributed by atoms with E-state index in [1.54, 1.807) is 0 Å². The van der Waals surface area contributed by atoms with E-state index in [2.05, 4.69) is 4.72 Å². The number of benzene rings is 1. The largest absolute Gasteiger partial charge is 0.478 e. The second-order valence-corrected chi connectivity index (χ2v) is 6.49. The third-order valence-corrected chi connectivity index (χ3v) is 4.70. The SMILES string of the molecule is CCC(C)CNS(=O)(=O)c1cc(C(=O)O)cc(F)c1C. The zero-order chi connectivity index (χ0) is 15.5. The van der Waals surface area contributed by atoms with E-state index >= 15 is 0 Å². The molecule has 0 fully saturated rings. The summed E-state index contributed by atoms with van der Waals surface area (Å²) in [5, 5.41) is 8.86. The van der Waals surface area contributed by atoms with Gasteiger partial charge in [-0.05, 0) is 25.0 Å². The van der Waals surface area contributed by atoms with Gasteiger partial charge in [-0.15, -0.1) is 0 Å². The number of sulfonamides is 1. The van der Waals surface area contributed by atoms with Crippen molar-refractivity contribution in [2.75, 3.05) is 6.54 Å². The van der Waals surface area contributed by atoms with E-state index in [-0.39, 0.29) is 22.9 Å². The summed E-state index contributed by atoms with van der Waals surface area (Å²) >= 11 is 0. The Kier molecular flexibility index (Phi) is 5.24. The van der Waals surface area contributed by atoms with Gasteiger partial charge >= 0.3 is 5.97 Å². The molecule has 2 N–H and O–H groups in total. The van der Waals surface area contributed by atoms with Gasteiger partial charge in [0.05, 0.1) is 10.5 Å². The van der Waals surface area contributed by atoms with Gasteiger partial charge in [0, 0.05) is 12.1 Å². The predicted molar refractivity (Wildman–Crippen MR) is 72.7 cm³/mol. The first-order chi connectivity index (χ1) is 9.19. The molecule has 1 rings (SSSR count). The quantitative estimate of drug-likeness (QED) is 0.843. The molecule has 0 amide bonds. The Morgan fingerprint density at radius 3 is 2.55 bits per heavy atom. The van der Waals surface area contributed by atoms with Gasteiger partial charge in [-0.3, -0.25) is 0 Å². The highest BCUT2D eigenvalue weighted by atomic mass is 32.2. The van der Waals surface area contributed by atoms with Crippen molar-refractivity contribution in [2.24, 2.45) is 5.92 Å². The standard InChI is InChI=1S/C13H18FNO4S/c1-4-8(2)7-15-20(18,19)12-6-10(13(16)17)5-11(14)9(12)3/h5-6,8,15H,4,7H2,1-3H3,(H,16,17). The highest BCUT2D eigenvalue weighted by Crippen LogP contribution is 2.21. The van der Waals surface area contributed by atoms with Crippen LogP contribution in [0.1, 0.15) is 36.2 Å². The van der Waals surface area contributed by atoms with Crippen molar-refractivity contribution in [3.63, 3.8) is 0 Å². The Morgan fingerprint density at radius 1 is 1.45 bits per heavy atom. The summed E-state index contributed by atoms with van der Waals surface area (Å²) in [5.41, 5.74) is -0.483. The lowest BCUT2D eigenvalue weighted by Crippen LogP contribution is -2.29. The van der Waals surface area contributed by atoms with Crippen LogP contribution in [-0.4, -0.2) is 26.0 Å². The van der Waals surface area contributed by atoms with E-state index in [9.17, 15) is 17.6 Å². The third-order valence-electron chi connectivity index (χ3n) is 3.15. The van der Waals surface area contributed by atoms with Crippen LogP contribution in [0, 0.1) is 18.7 Å². The van der Waals surface area contributed by atoms with Crippen molar-refractivity contribution < 1.29 is 22.7 Å². The van der Waals surface area contributed by atoms with E-state index in [0.717, 1.165) is 18.6 Å². The molecule has 0 aliphatic heterocycles. The summed E-state index contributed by atoms with van der Waals surface area (Å²) in [6.07, 6.45) is 0.797. The minimum absolute atomic E-state index is 0.0911. The van der Waals surface area contributed by atoms with Crippen LogP contribution >= 0.6 is 0 Å². The van der Waals surface area contributed by atoms with Crippen LogP contribution in [0.2, 0.25) is 0 Å². The Balaban J connectivity index is 3.20. The zero-order valence-corrected chi connectivity index (χ0v) is 12.4. The maximum atomic E-state index is 13.6. The van der Waals surface area contributed by atoms with Crippen LogP contribution in [0.25, 0.3) is 0 Å². The van der Waals surface area contributed by atoms with Crippen molar-refractivity contribution in [1.29, 1.82) is 0 Å². The molecule has 1 aromatic carbocycles. The van der Waals surface area contributed by atoms with Gasteiger partial charge in [-0.1, -0.05) is 20.3 Å². The maximum absolute atomic E-state index is 13.6. The van der Waals surface area contributed by atoms with Crippen LogP contribution in [0.15, 0.2) is 17.0 Å². The Morgan fingerprint density at radius 2 is 2.05 bits per heavy atom. The molecule has 1 unspecified atom stereocenters. The van der Waals surface area contributed by atoms with E-state index in [4.69, 9.17) is 5.11 Å². The first-order valence-corrected chi connectivity index (χ1v) is 7.70. The number of aromatic carboxylic acids is 1. The van der Waals surface area contributed by atoms with E-state index < -0.39 is 27.4 Å². The normalized spacial score (nSPS) is 13.2. The van der Waals surface area contributed by atoms with Crippen molar-refractivity contribution in [3.8, 4) is 0 Å². The van der Waals surface area contributed by atoms with Gasteiger partial charge in [-0.25, -0.2) is 22.3 Å². The zero-order valence-electron chi connectivity index (χ0n) is 11.6. The molecule has 0 spiro atoms. The lowest BCUT2D eigenvalue weighted by molar-refractivity contribution is 0.0696. The maximum Gasteiger partial charge on any atom is 0.335 e. The summed E-state index contributed by atoms with van der Waals surface area (Å²) in [6.45, 7) is 5.33. The highest BCUT2D eigenvalue weighted by molar-refractivity contribution is 7.89. The summed E-state index contributed by atoms with van der Waals surface area (Å²) in [4.78, 5) is 10.5. The van der Waals surface area contributed by atoms with Crippen molar-refractivity contribution in [2.45, 2.75) is 32.1 Å². The predicted octanol–water partition coefficient (Wildman–Crippen LogP) is 2.16. The second kappa shape index (κ2) is 6.32. The molecule has 0 saturated heterocycles. The number of halogens is 1. The molecule has 7 heteroatoms. The minimum atomic E-state index is -3.93. The van der Waals surface area contributed by atoms with Crippen molar-refractivity contribution in [1.82, 2.24) is 4.72 Å². The van der Waals surface area contributed by atoms with E-state index in [0.29, 0.717) is 0 Å². The monoisotopic (exact) mass is 303 g/mol. The lowest BCUT2D eigenvalue weighted by atomic mass is 10.1. The van der Waals surface area contributed by atoms with Gasteiger partial charge in [0.1, 0.15) is 5.82 Å². The Hall–Kier alpha value is -1.47. The number of hydrogen-bond donors (Lipinski definition) is 2. The highest BCUT2D eigenvalue weighted by Gasteiger charge is 2.22. The topological polar surface area (TPSA) is 83.5 Å². The average Bonchev–Trinajstić information content (AvgIpc) is 2.38. The summed E-state index contributed by atoms with van der Waals surface area (Å²) in [7, 11) is -3.93. The molecule has 5 nitrogen and oxygen atoms in total. The number of carboxylic acids is 1. The molecule has 0 heterocycles. The number of carbonyl (C=O) groups is 1. The molecule has 1 atom stereocenters. The fraction of sp³-hybridized carbons (Fsp3) is 0.462. The average molecular weight is 303 g/mol. The van der Waals surface area contributed by atoms with E-state index in [1.807, 2.05) is 13.8 Å². The number of hydrogen-bond acceptors (Lipinski definition) is 3. The molecule has 20 heavy (non-hydrogen) atoms. The van der Waals surface area contributed by atoms with Gasteiger partial charge in [-0.2, -0.15) is 0 Å². The molecular formula is C13H18FNO4S. The second-order valence-electron chi connectivity index (χ2n) is 4.75. The molecule has 0 aromatic heterocycles. The van der Waals surface area contributed by atoms with Gasteiger partial charge in [0.2, 0.25) is 10.0 Å². The number of nitrogens with one attached hydrogen (secondary N) is 1. The Labute approximate surface area is 117 Å². The fourth-order valence-electron chi connectivity index (χ4n) is 1.53. The molecular weight excluding hydrogens is 285 g/mol. The fourth-order valence-corrected chi connectivity index (χ4v) is 2.97. The minimum Gasteiger partial charge on any atom is -0.478 e. The first-order valence-electron chi connectivity index (χ1n) is 6.22. The van der Waals surface area contributed by atoms with Crippen LogP contribution in [-0.2, 0) is 10.0 Å². The van der Waals surface area contributed by atoms with Crippen LogP contribution in [0.3, 0.4) is 0 Å². The molecule has 0 bridgehead atoms. The molecule has 1 aromatic rings. The van der Waals surface area contributed by atoms with Crippen LogP contribution in [0.5, 0.6) is 0 Å². The molecule has 0 aliphatic rings. The molecule has 0 radical (unpaired) electrons. The lowest BCUT2D eigenvalue weighted by Gasteiger charge is -2.13. The Bertz CT molecular complexity index is 613. The van der Waals surface area contributed by atoms with Gasteiger partial charge in [0.15, 0.2) is 0 Å². The summed E-state index contributed by atoms with van der Waals surface area (Å²) in [6, 6.07) is 1.78. The molecule has 112 valence electrons. The third kappa shape index (κ3) is 3.77. The summed E-state index contributed by atoms with van der Waals surface area (Å²) in [5.74, 6) is -2.09. The van der Waals surface area contributed by atoms with E-state index in [1.165, 1.54) is 6.92 Å². The van der Waals surface area contributed by atoms with Crippen LogP contribution in [0.4, 0.5) is 4.39 Å². The van der Waals surface area contributed by atoms with Crippen molar-refractivity contribution in [3.05, 3.63) is 29.1 Å². The van der Waals surface area contributed by atoms with Gasteiger partial charge < -0.3 is 5.11 Å². The number of rotatable bonds is 6. The van der Waals surface area contributed by atoms with Gasteiger partial charge in [0.25, 0.3) is 0 Å². The smallest absolute Gasteiger partial charge is 0.335 e. The van der Waals surface area contributed by atoms with Crippen LogP contribution < -0.4 is 4.72 Å². The summed E-state index contributed by atoms with van der Waals surface area (Å²) < 4.78 is 40.3. The molecule has 0 aliphatic carbocycles. The molecule has 0 saturated carbocycles. The van der Waals surface area contributed by atoms with Crippen molar-refractivity contribution >= 4 is 16.0 Å².